The fourth-order valence-electron chi connectivity index (χ4n) is 2.26. The summed E-state index contributed by atoms with van der Waals surface area (Å²) in [6, 6.07) is 1.81. The second kappa shape index (κ2) is 6.10. The molecule has 0 atom stereocenters. The molecule has 24 heavy (non-hydrogen) atoms. The Kier molecular flexibility index (Phi) is 4.27. The molecule has 6 nitrogen and oxygen atoms in total. The van der Waals surface area contributed by atoms with E-state index in [1.54, 1.807) is 29.5 Å². The third-order valence-corrected chi connectivity index (χ3v) is 4.42. The van der Waals surface area contributed by atoms with Crippen molar-refractivity contribution >= 4 is 7.12 Å². The maximum Gasteiger partial charge on any atom is 0.524 e. The SMILES string of the molecule is CC1(C)OB(C(F)=CCn2ccc(-c3cnccn3)n2)OC1(C)C. The molecule has 1 aliphatic rings. The highest BCUT2D eigenvalue weighted by Gasteiger charge is 2.52. The van der Waals surface area contributed by atoms with E-state index < -0.39 is 24.0 Å². The summed E-state index contributed by atoms with van der Waals surface area (Å²) in [5.41, 5.74) is -0.217. The van der Waals surface area contributed by atoms with E-state index in [0.717, 1.165) is 0 Å². The highest BCUT2D eigenvalue weighted by atomic mass is 19.1. The van der Waals surface area contributed by atoms with Crippen LogP contribution in [0.15, 0.2) is 42.7 Å². The Labute approximate surface area is 140 Å². The van der Waals surface area contributed by atoms with Gasteiger partial charge in [-0.1, -0.05) is 0 Å². The molecule has 126 valence electrons. The van der Waals surface area contributed by atoms with Crippen molar-refractivity contribution in [3.05, 3.63) is 42.7 Å². The maximum atomic E-state index is 14.4. The molecule has 0 N–H and O–H groups in total. The summed E-state index contributed by atoms with van der Waals surface area (Å²) in [6.07, 6.45) is 8.01. The lowest BCUT2D eigenvalue weighted by Gasteiger charge is -2.32. The van der Waals surface area contributed by atoms with Gasteiger partial charge in [0.2, 0.25) is 0 Å². The number of halogens is 1. The van der Waals surface area contributed by atoms with E-state index in [0.29, 0.717) is 11.4 Å². The van der Waals surface area contributed by atoms with Crippen LogP contribution in [-0.2, 0) is 15.9 Å². The van der Waals surface area contributed by atoms with Crippen LogP contribution < -0.4 is 0 Å². The van der Waals surface area contributed by atoms with Gasteiger partial charge in [0.1, 0.15) is 17.1 Å². The van der Waals surface area contributed by atoms with Gasteiger partial charge < -0.3 is 9.31 Å². The molecular weight excluding hydrogens is 310 g/mol. The van der Waals surface area contributed by atoms with E-state index in [2.05, 4.69) is 15.1 Å². The van der Waals surface area contributed by atoms with Crippen LogP contribution >= 0.6 is 0 Å². The molecule has 2 aromatic rings. The predicted octanol–water partition coefficient (Wildman–Crippen LogP) is 2.82. The number of nitrogens with zero attached hydrogens (tertiary/aromatic N) is 4. The summed E-state index contributed by atoms with van der Waals surface area (Å²) in [7, 11) is -0.981. The predicted molar refractivity (Wildman–Crippen MR) is 88.5 cm³/mol. The summed E-state index contributed by atoms with van der Waals surface area (Å²) in [5.74, 6) is 0. The first-order valence-corrected chi connectivity index (χ1v) is 7.79. The summed E-state index contributed by atoms with van der Waals surface area (Å²) in [4.78, 5) is 8.19. The molecule has 2 aromatic heterocycles. The number of allylic oxidation sites excluding steroid dienone is 1. The van der Waals surface area contributed by atoms with Gasteiger partial charge in [0.25, 0.3) is 0 Å². The fraction of sp³-hybridized carbons (Fsp3) is 0.438. The molecule has 0 radical (unpaired) electrons. The first-order valence-electron chi connectivity index (χ1n) is 7.79. The summed E-state index contributed by atoms with van der Waals surface area (Å²) in [6.45, 7) is 7.83. The molecule has 0 aromatic carbocycles. The van der Waals surface area contributed by atoms with Crippen molar-refractivity contribution in [1.82, 2.24) is 19.7 Å². The smallest absolute Gasteiger partial charge is 0.398 e. The number of hydrogen-bond acceptors (Lipinski definition) is 5. The van der Waals surface area contributed by atoms with Crippen LogP contribution in [0.5, 0.6) is 0 Å². The first kappa shape index (κ1) is 16.8. The fourth-order valence-corrected chi connectivity index (χ4v) is 2.26. The van der Waals surface area contributed by atoms with Gasteiger partial charge in [-0.05, 0) is 39.8 Å². The average molecular weight is 330 g/mol. The van der Waals surface area contributed by atoms with Crippen molar-refractivity contribution in [2.45, 2.75) is 45.4 Å². The van der Waals surface area contributed by atoms with E-state index >= 15 is 0 Å². The average Bonchev–Trinajstić information content (AvgIpc) is 3.08. The molecular formula is C16H20BFN4O2. The monoisotopic (exact) mass is 330 g/mol. The Hall–Kier alpha value is -2.06. The van der Waals surface area contributed by atoms with Gasteiger partial charge in [-0.2, -0.15) is 5.10 Å². The number of hydrogen-bond donors (Lipinski definition) is 0. The minimum absolute atomic E-state index is 0.274. The van der Waals surface area contributed by atoms with E-state index in [1.807, 2.05) is 33.8 Å². The zero-order chi connectivity index (χ0) is 17.4. The largest absolute Gasteiger partial charge is 0.524 e. The van der Waals surface area contributed by atoms with Crippen LogP contribution in [0, 0.1) is 0 Å². The van der Waals surface area contributed by atoms with Crippen molar-refractivity contribution < 1.29 is 13.7 Å². The molecule has 1 saturated heterocycles. The van der Waals surface area contributed by atoms with E-state index in [4.69, 9.17) is 9.31 Å². The quantitative estimate of drug-likeness (QED) is 0.807. The Bertz CT molecular complexity index is 730. The topological polar surface area (TPSA) is 62.1 Å². The van der Waals surface area contributed by atoms with Crippen molar-refractivity contribution in [2.75, 3.05) is 0 Å². The molecule has 0 amide bonds. The van der Waals surface area contributed by atoms with Gasteiger partial charge >= 0.3 is 7.12 Å². The van der Waals surface area contributed by atoms with E-state index in [1.165, 1.54) is 6.08 Å². The zero-order valence-electron chi connectivity index (χ0n) is 14.2. The Morgan fingerprint density at radius 2 is 1.92 bits per heavy atom. The number of aromatic nitrogens is 4. The molecule has 8 heteroatoms. The van der Waals surface area contributed by atoms with Crippen molar-refractivity contribution in [1.29, 1.82) is 0 Å². The lowest BCUT2D eigenvalue weighted by Crippen LogP contribution is -2.41. The molecule has 3 rings (SSSR count). The lowest BCUT2D eigenvalue weighted by atomic mass is 9.88. The van der Waals surface area contributed by atoms with Crippen LogP contribution in [0.4, 0.5) is 4.39 Å². The third-order valence-electron chi connectivity index (χ3n) is 4.42. The summed E-state index contributed by atoms with van der Waals surface area (Å²) < 4.78 is 27.3. The molecule has 3 heterocycles. The molecule has 1 fully saturated rings. The zero-order valence-corrected chi connectivity index (χ0v) is 14.2. The normalized spacial score (nSPS) is 19.7. The van der Waals surface area contributed by atoms with Crippen LogP contribution in [0.2, 0.25) is 0 Å². The highest BCUT2D eigenvalue weighted by Crippen LogP contribution is 2.38. The van der Waals surface area contributed by atoms with Crippen LogP contribution in [0.25, 0.3) is 11.4 Å². The summed E-state index contributed by atoms with van der Waals surface area (Å²) in [5, 5.41) is 4.36. The molecule has 0 unspecified atom stereocenters. The van der Waals surface area contributed by atoms with Crippen LogP contribution in [-0.4, -0.2) is 38.1 Å². The van der Waals surface area contributed by atoms with E-state index in [9.17, 15) is 4.39 Å². The third kappa shape index (κ3) is 3.25. The van der Waals surface area contributed by atoms with Gasteiger partial charge in [0.15, 0.2) is 0 Å². The Morgan fingerprint density at radius 3 is 2.54 bits per heavy atom. The van der Waals surface area contributed by atoms with Gasteiger partial charge in [0, 0.05) is 18.6 Å². The molecule has 0 spiro atoms. The van der Waals surface area contributed by atoms with Crippen molar-refractivity contribution in [3.8, 4) is 11.4 Å². The molecule has 1 aliphatic heterocycles. The van der Waals surface area contributed by atoms with Gasteiger partial charge in [0.05, 0.1) is 23.9 Å². The minimum Gasteiger partial charge on any atom is -0.398 e. The van der Waals surface area contributed by atoms with Crippen LogP contribution in [0.3, 0.4) is 0 Å². The van der Waals surface area contributed by atoms with Gasteiger partial charge in [-0.3, -0.25) is 14.6 Å². The highest BCUT2D eigenvalue weighted by molar-refractivity contribution is 6.53. The first-order chi connectivity index (χ1) is 11.3. The molecule has 0 saturated carbocycles. The van der Waals surface area contributed by atoms with Crippen LogP contribution in [0.1, 0.15) is 27.7 Å². The van der Waals surface area contributed by atoms with Crippen molar-refractivity contribution in [2.24, 2.45) is 0 Å². The minimum atomic E-state index is -0.981. The molecule has 0 bridgehead atoms. The van der Waals surface area contributed by atoms with Gasteiger partial charge in [-0.15, -0.1) is 0 Å². The second-order valence-corrected chi connectivity index (χ2v) is 6.69. The standard InChI is InChI=1S/C16H20BFN4O2/c1-15(2)16(3,4)24-17(23-15)14(18)6-10-22-9-5-12(21-22)13-11-19-7-8-20-13/h5-9,11H,10H2,1-4H3. The molecule has 0 aliphatic carbocycles. The second-order valence-electron chi connectivity index (χ2n) is 6.69. The van der Waals surface area contributed by atoms with Gasteiger partial charge in [-0.25, -0.2) is 4.39 Å². The maximum absolute atomic E-state index is 14.4. The Balaban J connectivity index is 1.67. The van der Waals surface area contributed by atoms with Crippen molar-refractivity contribution in [3.63, 3.8) is 0 Å². The lowest BCUT2D eigenvalue weighted by molar-refractivity contribution is 0.00578. The Morgan fingerprint density at radius 1 is 1.21 bits per heavy atom. The summed E-state index contributed by atoms with van der Waals surface area (Å²) >= 11 is 0. The number of rotatable bonds is 4. The van der Waals surface area contributed by atoms with E-state index in [-0.39, 0.29) is 6.54 Å².